The fraction of sp³-hybridized carbons (Fsp3) is 0.214. The maximum atomic E-state index is 12.8. The average Bonchev–Trinajstić information content (AvgIpc) is 2.92. The first kappa shape index (κ1) is 19.6. The van der Waals surface area contributed by atoms with Crippen molar-refractivity contribution < 1.29 is 26.7 Å². The van der Waals surface area contributed by atoms with Crippen LogP contribution in [0.25, 0.3) is 16.7 Å². The van der Waals surface area contributed by atoms with Crippen LogP contribution in [-0.2, 0) is 16.0 Å². The number of fused-ring (bicyclic) bond motifs is 1. The fourth-order valence-electron chi connectivity index (χ4n) is 2.24. The Hall–Kier alpha value is -2.11. The van der Waals surface area contributed by atoms with Crippen LogP contribution < -0.4 is 0 Å². The van der Waals surface area contributed by atoms with Gasteiger partial charge in [0.2, 0.25) is 5.88 Å². The maximum Gasteiger partial charge on any atom is 0.433 e. The zero-order valence-electron chi connectivity index (χ0n) is 13.3. The van der Waals surface area contributed by atoms with E-state index in [1.54, 1.807) is 0 Å². The Bertz CT molecular complexity index is 1160. The zero-order chi connectivity index (χ0) is 20.1. The Kier molecular flexibility index (Phi) is 4.73. The second-order valence-corrected chi connectivity index (χ2v) is 8.32. The summed E-state index contributed by atoms with van der Waals surface area (Å²) in [5.41, 5.74) is -1.37. The van der Waals surface area contributed by atoms with Crippen LogP contribution >= 0.6 is 23.2 Å². The Morgan fingerprint density at radius 2 is 1.93 bits per heavy atom. The van der Waals surface area contributed by atoms with Crippen molar-refractivity contribution in [2.24, 2.45) is 0 Å². The van der Waals surface area contributed by atoms with Gasteiger partial charge in [-0.1, -0.05) is 30.1 Å². The molecule has 3 rings (SSSR count). The summed E-state index contributed by atoms with van der Waals surface area (Å²) in [6.07, 6.45) is -3.83. The molecule has 0 atom stereocenters. The molecule has 3 aromatic heterocycles. The largest absolute Gasteiger partial charge is 0.492 e. The quantitative estimate of drug-likeness (QED) is 0.667. The van der Waals surface area contributed by atoms with Crippen molar-refractivity contribution in [3.63, 3.8) is 0 Å². The lowest BCUT2D eigenvalue weighted by Gasteiger charge is -2.10. The molecule has 3 heterocycles. The predicted octanol–water partition coefficient (Wildman–Crippen LogP) is 3.64. The van der Waals surface area contributed by atoms with Crippen molar-refractivity contribution in [2.45, 2.75) is 18.0 Å². The normalized spacial score (nSPS) is 12.7. The van der Waals surface area contributed by atoms with Crippen molar-refractivity contribution in [3.8, 4) is 11.7 Å². The number of sulfone groups is 1. The van der Waals surface area contributed by atoms with Gasteiger partial charge in [0.1, 0.15) is 20.8 Å². The minimum Gasteiger partial charge on any atom is -0.492 e. The highest BCUT2D eigenvalue weighted by molar-refractivity contribution is 7.91. The number of aromatic nitrogens is 4. The number of aromatic hydroxyl groups is 1. The lowest BCUT2D eigenvalue weighted by Crippen LogP contribution is -2.12. The maximum absolute atomic E-state index is 12.8. The van der Waals surface area contributed by atoms with Crippen molar-refractivity contribution in [3.05, 3.63) is 34.2 Å². The first-order valence-electron chi connectivity index (χ1n) is 7.19. The standard InChI is InChI=1S/C14H9Cl2F3N4O3S/c1-2-27(25,26)9-3-7(15)13(24)21-12(9)23-11(16)6-5-20-10(14(17,18)19)4-8(6)22-23/h3-5H,2H2,1H3,(H,21,24). The molecule has 1 N–H and O–H groups in total. The van der Waals surface area contributed by atoms with Gasteiger partial charge in [-0.05, 0) is 12.1 Å². The van der Waals surface area contributed by atoms with E-state index in [0.717, 1.165) is 16.9 Å². The lowest BCUT2D eigenvalue weighted by atomic mass is 10.3. The average molecular weight is 441 g/mol. The summed E-state index contributed by atoms with van der Waals surface area (Å²) in [5, 5.41) is 13.2. The molecule has 0 aliphatic rings. The van der Waals surface area contributed by atoms with Gasteiger partial charge in [0.05, 0.1) is 16.7 Å². The molecule has 0 aromatic carbocycles. The molecule has 0 fully saturated rings. The van der Waals surface area contributed by atoms with Crippen molar-refractivity contribution >= 4 is 43.9 Å². The Morgan fingerprint density at radius 1 is 1.26 bits per heavy atom. The Balaban J connectivity index is 2.33. The molecule has 0 aliphatic carbocycles. The SMILES string of the molecule is CCS(=O)(=O)c1cc(Cl)c(O)nc1-n1nc2cc(C(F)(F)F)ncc2c1Cl. The third-order valence-corrected chi connectivity index (χ3v) is 5.98. The summed E-state index contributed by atoms with van der Waals surface area (Å²) in [6.45, 7) is 1.38. The van der Waals surface area contributed by atoms with Gasteiger partial charge in [-0.15, -0.1) is 0 Å². The van der Waals surface area contributed by atoms with Gasteiger partial charge in [0.25, 0.3) is 0 Å². The molecule has 7 nitrogen and oxygen atoms in total. The molecule has 0 saturated heterocycles. The van der Waals surface area contributed by atoms with E-state index in [0.29, 0.717) is 6.07 Å². The van der Waals surface area contributed by atoms with E-state index in [2.05, 4.69) is 15.1 Å². The van der Waals surface area contributed by atoms with Gasteiger partial charge >= 0.3 is 6.18 Å². The summed E-state index contributed by atoms with van der Waals surface area (Å²) in [6, 6.07) is 1.64. The molecule has 13 heteroatoms. The summed E-state index contributed by atoms with van der Waals surface area (Å²) < 4.78 is 64.0. The summed E-state index contributed by atoms with van der Waals surface area (Å²) in [7, 11) is -3.88. The van der Waals surface area contributed by atoms with E-state index < -0.39 is 33.4 Å². The Morgan fingerprint density at radius 3 is 2.52 bits per heavy atom. The molecule has 0 bridgehead atoms. The molecule has 0 saturated carbocycles. The van der Waals surface area contributed by atoms with Crippen LogP contribution in [0.3, 0.4) is 0 Å². The zero-order valence-corrected chi connectivity index (χ0v) is 15.6. The molecule has 0 radical (unpaired) electrons. The number of nitrogens with zero attached hydrogens (tertiary/aromatic N) is 4. The molecule has 0 spiro atoms. The van der Waals surface area contributed by atoms with Crippen LogP contribution in [0, 0.1) is 0 Å². The highest BCUT2D eigenvalue weighted by Gasteiger charge is 2.33. The van der Waals surface area contributed by atoms with Gasteiger partial charge in [0.15, 0.2) is 15.7 Å². The van der Waals surface area contributed by atoms with Crippen molar-refractivity contribution in [1.29, 1.82) is 0 Å². The van der Waals surface area contributed by atoms with Gasteiger partial charge in [-0.2, -0.15) is 23.3 Å². The molecule has 3 aromatic rings. The van der Waals surface area contributed by atoms with E-state index in [-0.39, 0.29) is 31.7 Å². The second kappa shape index (κ2) is 6.50. The third-order valence-electron chi connectivity index (χ3n) is 3.61. The topological polar surface area (TPSA) is 98.0 Å². The van der Waals surface area contributed by atoms with Gasteiger partial charge < -0.3 is 5.11 Å². The fourth-order valence-corrected chi connectivity index (χ4v) is 3.73. The summed E-state index contributed by atoms with van der Waals surface area (Å²) in [5.74, 6) is -1.40. The lowest BCUT2D eigenvalue weighted by molar-refractivity contribution is -0.141. The molecular weight excluding hydrogens is 432 g/mol. The predicted molar refractivity (Wildman–Crippen MR) is 91.1 cm³/mol. The van der Waals surface area contributed by atoms with Crippen LogP contribution in [0.15, 0.2) is 23.2 Å². The Labute approximate surface area is 160 Å². The molecule has 0 aliphatic heterocycles. The number of rotatable bonds is 3. The molecule has 27 heavy (non-hydrogen) atoms. The minimum atomic E-state index is -4.70. The van der Waals surface area contributed by atoms with Gasteiger partial charge in [-0.25, -0.2) is 13.1 Å². The van der Waals surface area contributed by atoms with Gasteiger partial charge in [0, 0.05) is 6.20 Å². The second-order valence-electron chi connectivity index (χ2n) is 5.31. The van der Waals surface area contributed by atoms with Gasteiger partial charge in [-0.3, -0.25) is 4.98 Å². The minimum absolute atomic E-state index is 0.0424. The molecule has 0 unspecified atom stereocenters. The van der Waals surface area contributed by atoms with E-state index in [9.17, 15) is 26.7 Å². The smallest absolute Gasteiger partial charge is 0.433 e. The first-order chi connectivity index (χ1) is 12.5. The number of alkyl halides is 3. The molecule has 144 valence electrons. The van der Waals surface area contributed by atoms with E-state index >= 15 is 0 Å². The van der Waals surface area contributed by atoms with Crippen molar-refractivity contribution in [1.82, 2.24) is 19.7 Å². The summed E-state index contributed by atoms with van der Waals surface area (Å²) in [4.78, 5) is 6.61. The monoisotopic (exact) mass is 440 g/mol. The summed E-state index contributed by atoms with van der Waals surface area (Å²) >= 11 is 11.9. The van der Waals surface area contributed by atoms with Crippen LogP contribution in [0.2, 0.25) is 10.2 Å². The van der Waals surface area contributed by atoms with Crippen LogP contribution in [0.1, 0.15) is 12.6 Å². The number of halogens is 5. The van der Waals surface area contributed by atoms with E-state index in [1.165, 1.54) is 6.92 Å². The van der Waals surface area contributed by atoms with E-state index in [1.807, 2.05) is 0 Å². The van der Waals surface area contributed by atoms with Crippen LogP contribution in [0.4, 0.5) is 13.2 Å². The number of hydrogen-bond acceptors (Lipinski definition) is 6. The van der Waals surface area contributed by atoms with Crippen molar-refractivity contribution in [2.75, 3.05) is 5.75 Å². The highest BCUT2D eigenvalue weighted by atomic mass is 35.5. The first-order valence-corrected chi connectivity index (χ1v) is 9.60. The molecular formula is C14H9Cl2F3N4O3S. The van der Waals surface area contributed by atoms with Crippen LogP contribution in [0.5, 0.6) is 5.88 Å². The number of pyridine rings is 2. The molecule has 0 amide bonds. The van der Waals surface area contributed by atoms with E-state index in [4.69, 9.17) is 23.2 Å². The number of hydrogen-bond donors (Lipinski definition) is 1. The van der Waals surface area contributed by atoms with Crippen LogP contribution in [-0.4, -0.2) is 39.0 Å². The highest BCUT2D eigenvalue weighted by Crippen LogP contribution is 2.35. The third kappa shape index (κ3) is 3.42.